The van der Waals surface area contributed by atoms with Gasteiger partial charge in [-0.2, -0.15) is 0 Å². The first-order chi connectivity index (χ1) is 12.0. The number of carbonyl (C=O) groups excluding carboxylic acids is 1. The minimum atomic E-state index is -0.337. The summed E-state index contributed by atoms with van der Waals surface area (Å²) >= 11 is 4.73. The monoisotopic (exact) mass is 419 g/mol. The second kappa shape index (κ2) is 6.35. The SMILES string of the molecule is O=C1C[C@H](c2ccc(F)c(Br)c2)c2scc(-c3cccc(F)c3)c2N1. The van der Waals surface area contributed by atoms with Gasteiger partial charge in [-0.25, -0.2) is 8.78 Å². The zero-order valence-corrected chi connectivity index (χ0v) is 15.3. The molecule has 1 aliphatic rings. The summed E-state index contributed by atoms with van der Waals surface area (Å²) in [6, 6.07) is 11.1. The highest BCUT2D eigenvalue weighted by atomic mass is 79.9. The molecule has 126 valence electrons. The van der Waals surface area contributed by atoms with Gasteiger partial charge in [-0.3, -0.25) is 4.79 Å². The molecule has 0 saturated heterocycles. The summed E-state index contributed by atoms with van der Waals surface area (Å²) < 4.78 is 27.5. The Kier molecular flexibility index (Phi) is 4.17. The Morgan fingerprint density at radius 2 is 2.00 bits per heavy atom. The van der Waals surface area contributed by atoms with Crippen LogP contribution < -0.4 is 5.32 Å². The summed E-state index contributed by atoms with van der Waals surface area (Å²) in [7, 11) is 0. The van der Waals surface area contributed by atoms with Crippen LogP contribution in [-0.4, -0.2) is 5.91 Å². The molecule has 0 radical (unpaired) electrons. The molecular weight excluding hydrogens is 408 g/mol. The third-order valence-electron chi connectivity index (χ3n) is 4.27. The second-order valence-corrected chi connectivity index (χ2v) is 7.64. The molecule has 1 N–H and O–H groups in total. The lowest BCUT2D eigenvalue weighted by atomic mass is 9.89. The van der Waals surface area contributed by atoms with Crippen LogP contribution in [0.5, 0.6) is 0 Å². The standard InChI is InChI=1S/C19H12BrF2NOS/c20-15-7-11(4-5-16(15)22)13-8-17(24)23-18-14(9-25-19(13)18)10-2-1-3-12(21)6-10/h1-7,9,13H,8H2,(H,23,24)/t13-/m1/s1. The van der Waals surface area contributed by atoms with Crippen LogP contribution in [0.15, 0.2) is 52.3 Å². The first-order valence-corrected chi connectivity index (χ1v) is 9.32. The highest BCUT2D eigenvalue weighted by Gasteiger charge is 2.30. The second-order valence-electron chi connectivity index (χ2n) is 5.88. The van der Waals surface area contributed by atoms with Crippen molar-refractivity contribution in [3.05, 3.63) is 74.4 Å². The van der Waals surface area contributed by atoms with Gasteiger partial charge in [-0.1, -0.05) is 18.2 Å². The van der Waals surface area contributed by atoms with Gasteiger partial charge in [0.15, 0.2) is 0 Å². The maximum absolute atomic E-state index is 13.6. The minimum absolute atomic E-state index is 0.103. The van der Waals surface area contributed by atoms with E-state index < -0.39 is 0 Å². The molecule has 0 unspecified atom stereocenters. The Morgan fingerprint density at radius 3 is 2.76 bits per heavy atom. The van der Waals surface area contributed by atoms with Crippen molar-refractivity contribution in [3.8, 4) is 11.1 Å². The molecule has 2 nitrogen and oxygen atoms in total. The lowest BCUT2D eigenvalue weighted by molar-refractivity contribution is -0.116. The molecule has 1 amide bonds. The van der Waals surface area contributed by atoms with Crippen molar-refractivity contribution in [1.82, 2.24) is 0 Å². The van der Waals surface area contributed by atoms with Gasteiger partial charge in [0.1, 0.15) is 11.6 Å². The average Bonchev–Trinajstić information content (AvgIpc) is 3.00. The Bertz CT molecular complexity index is 985. The molecule has 0 fully saturated rings. The predicted molar refractivity (Wildman–Crippen MR) is 98.9 cm³/mol. The largest absolute Gasteiger partial charge is 0.325 e. The molecule has 2 heterocycles. The van der Waals surface area contributed by atoms with E-state index in [1.54, 1.807) is 18.2 Å². The van der Waals surface area contributed by atoms with Crippen LogP contribution in [0.3, 0.4) is 0 Å². The van der Waals surface area contributed by atoms with Crippen LogP contribution in [0, 0.1) is 11.6 Å². The van der Waals surface area contributed by atoms with E-state index in [0.717, 1.165) is 27.3 Å². The first-order valence-electron chi connectivity index (χ1n) is 7.65. The van der Waals surface area contributed by atoms with Crippen LogP contribution >= 0.6 is 27.3 Å². The molecule has 2 aromatic carbocycles. The van der Waals surface area contributed by atoms with Crippen molar-refractivity contribution < 1.29 is 13.6 Å². The number of fused-ring (bicyclic) bond motifs is 1. The topological polar surface area (TPSA) is 29.1 Å². The molecule has 25 heavy (non-hydrogen) atoms. The summed E-state index contributed by atoms with van der Waals surface area (Å²) in [6.07, 6.45) is 0.300. The lowest BCUT2D eigenvalue weighted by Gasteiger charge is -2.24. The van der Waals surface area contributed by atoms with Gasteiger partial charge >= 0.3 is 0 Å². The molecule has 0 bridgehead atoms. The number of carbonyl (C=O) groups is 1. The Balaban J connectivity index is 1.82. The molecule has 1 atom stereocenters. The van der Waals surface area contributed by atoms with Gasteiger partial charge in [-0.05, 0) is 51.3 Å². The number of benzene rings is 2. The fourth-order valence-corrected chi connectivity index (χ4v) is 4.65. The maximum atomic E-state index is 13.6. The fourth-order valence-electron chi connectivity index (χ4n) is 3.09. The van der Waals surface area contributed by atoms with Gasteiger partial charge in [0.2, 0.25) is 5.91 Å². The van der Waals surface area contributed by atoms with Crippen molar-refractivity contribution in [2.24, 2.45) is 0 Å². The molecular formula is C19H12BrF2NOS. The summed E-state index contributed by atoms with van der Waals surface area (Å²) in [5.74, 6) is -0.906. The maximum Gasteiger partial charge on any atom is 0.225 e. The number of hydrogen-bond donors (Lipinski definition) is 1. The number of halogens is 3. The molecule has 6 heteroatoms. The van der Waals surface area contributed by atoms with E-state index in [4.69, 9.17) is 0 Å². The van der Waals surface area contributed by atoms with E-state index in [2.05, 4.69) is 21.2 Å². The van der Waals surface area contributed by atoms with Crippen molar-refractivity contribution in [1.29, 1.82) is 0 Å². The predicted octanol–water partition coefficient (Wildman–Crippen LogP) is 5.93. The normalized spacial score (nSPS) is 16.4. The zero-order valence-electron chi connectivity index (χ0n) is 12.9. The summed E-state index contributed by atoms with van der Waals surface area (Å²) in [5, 5.41) is 4.84. The zero-order chi connectivity index (χ0) is 17.6. The van der Waals surface area contributed by atoms with Crippen LogP contribution in [0.25, 0.3) is 11.1 Å². The summed E-state index contributed by atoms with van der Waals surface area (Å²) in [5.41, 5.74) is 3.12. The lowest BCUT2D eigenvalue weighted by Crippen LogP contribution is -2.22. The number of hydrogen-bond acceptors (Lipinski definition) is 2. The van der Waals surface area contributed by atoms with Crippen LogP contribution in [0.1, 0.15) is 22.8 Å². The van der Waals surface area contributed by atoms with Crippen molar-refractivity contribution in [3.63, 3.8) is 0 Å². The highest BCUT2D eigenvalue weighted by molar-refractivity contribution is 9.10. The highest BCUT2D eigenvalue weighted by Crippen LogP contribution is 2.46. The summed E-state index contributed by atoms with van der Waals surface area (Å²) in [6.45, 7) is 0. The molecule has 1 aliphatic heterocycles. The number of nitrogens with one attached hydrogen (secondary N) is 1. The van der Waals surface area contributed by atoms with E-state index in [9.17, 15) is 13.6 Å². The van der Waals surface area contributed by atoms with Gasteiger partial charge in [-0.15, -0.1) is 11.3 Å². The van der Waals surface area contributed by atoms with E-state index in [1.165, 1.54) is 29.5 Å². The smallest absolute Gasteiger partial charge is 0.225 e. The van der Waals surface area contributed by atoms with Crippen LogP contribution in [0.2, 0.25) is 0 Å². The summed E-state index contributed by atoms with van der Waals surface area (Å²) in [4.78, 5) is 13.2. The molecule has 3 aromatic rings. The molecule has 1 aromatic heterocycles. The van der Waals surface area contributed by atoms with Crippen molar-refractivity contribution in [2.45, 2.75) is 12.3 Å². The van der Waals surface area contributed by atoms with E-state index in [-0.39, 0.29) is 23.5 Å². The third kappa shape index (κ3) is 3.00. The van der Waals surface area contributed by atoms with Crippen molar-refractivity contribution >= 4 is 38.9 Å². The van der Waals surface area contributed by atoms with Crippen LogP contribution in [0.4, 0.5) is 14.5 Å². The van der Waals surface area contributed by atoms with E-state index >= 15 is 0 Å². The fraction of sp³-hybridized carbons (Fsp3) is 0.105. The Hall–Kier alpha value is -2.05. The molecule has 0 saturated carbocycles. The van der Waals surface area contributed by atoms with Gasteiger partial charge in [0, 0.05) is 28.2 Å². The van der Waals surface area contributed by atoms with Gasteiger partial charge in [0.05, 0.1) is 10.2 Å². The first kappa shape index (κ1) is 16.4. The van der Waals surface area contributed by atoms with Crippen molar-refractivity contribution in [2.75, 3.05) is 5.32 Å². The van der Waals surface area contributed by atoms with Gasteiger partial charge < -0.3 is 5.32 Å². The Morgan fingerprint density at radius 1 is 1.16 bits per heavy atom. The number of rotatable bonds is 2. The Labute approximate surface area is 155 Å². The number of amides is 1. The molecule has 0 aliphatic carbocycles. The van der Waals surface area contributed by atoms with E-state index in [0.29, 0.717) is 10.9 Å². The number of anilines is 1. The molecule has 4 rings (SSSR count). The van der Waals surface area contributed by atoms with Gasteiger partial charge in [0.25, 0.3) is 0 Å². The van der Waals surface area contributed by atoms with Crippen LogP contribution in [-0.2, 0) is 4.79 Å². The molecule has 0 spiro atoms. The minimum Gasteiger partial charge on any atom is -0.325 e. The number of thiophene rings is 1. The quantitative estimate of drug-likeness (QED) is 0.547. The third-order valence-corrected chi connectivity index (χ3v) is 5.98. The van der Waals surface area contributed by atoms with E-state index in [1.807, 2.05) is 11.4 Å². The average molecular weight is 420 g/mol.